The highest BCUT2D eigenvalue weighted by atomic mass is 16.5. The molecule has 1 fully saturated rings. The molecule has 0 aromatic heterocycles. The minimum atomic E-state index is 0.205. The van der Waals surface area contributed by atoms with Crippen LogP contribution in [0.2, 0.25) is 0 Å². The molecule has 2 aliphatic rings. The SMILES string of the molecule is CC1=C2C(CCN)OCC(C)N2N(C)C1.CCC. The Bertz CT molecular complexity index is 291. The van der Waals surface area contributed by atoms with Crippen molar-refractivity contribution < 1.29 is 4.74 Å². The number of hydrogen-bond acceptors (Lipinski definition) is 4. The van der Waals surface area contributed by atoms with Crippen LogP contribution in [0.3, 0.4) is 0 Å². The van der Waals surface area contributed by atoms with Crippen LogP contribution in [-0.4, -0.2) is 48.9 Å². The molecule has 2 unspecified atom stereocenters. The number of hydrazine groups is 1. The van der Waals surface area contributed by atoms with E-state index in [-0.39, 0.29) is 6.10 Å². The molecule has 0 amide bonds. The van der Waals surface area contributed by atoms with Crippen LogP contribution in [0.1, 0.15) is 40.5 Å². The van der Waals surface area contributed by atoms with Crippen LogP contribution < -0.4 is 5.73 Å². The lowest BCUT2D eigenvalue weighted by Crippen LogP contribution is -2.50. The lowest BCUT2D eigenvalue weighted by molar-refractivity contribution is -0.0895. The Kier molecular flexibility index (Phi) is 6.12. The standard InChI is InChI=1S/C11H21N3O.C3H8/c1-8-6-13(3)14-9(2)7-15-10(4-5-12)11(8)14;1-3-2/h9-10H,4-7,12H2,1-3H3;3H2,1-2H3. The molecule has 2 rings (SSSR count). The van der Waals surface area contributed by atoms with E-state index in [1.54, 1.807) is 0 Å². The summed E-state index contributed by atoms with van der Waals surface area (Å²) in [7, 11) is 2.14. The summed E-state index contributed by atoms with van der Waals surface area (Å²) in [6.45, 7) is 11.1. The van der Waals surface area contributed by atoms with Gasteiger partial charge in [0.05, 0.1) is 24.4 Å². The Labute approximate surface area is 112 Å². The highest BCUT2D eigenvalue weighted by Crippen LogP contribution is 2.33. The third-order valence-corrected chi connectivity index (χ3v) is 3.21. The number of ether oxygens (including phenoxy) is 1. The van der Waals surface area contributed by atoms with Crippen LogP contribution in [0.4, 0.5) is 0 Å². The summed E-state index contributed by atoms with van der Waals surface area (Å²) in [5.74, 6) is 0. The van der Waals surface area contributed by atoms with Gasteiger partial charge in [-0.05, 0) is 32.4 Å². The minimum Gasteiger partial charge on any atom is -0.370 e. The Hall–Kier alpha value is -0.580. The van der Waals surface area contributed by atoms with Gasteiger partial charge in [0.25, 0.3) is 0 Å². The second kappa shape index (κ2) is 7.12. The van der Waals surface area contributed by atoms with Gasteiger partial charge in [0.15, 0.2) is 0 Å². The smallest absolute Gasteiger partial charge is 0.0998 e. The highest BCUT2D eigenvalue weighted by molar-refractivity contribution is 5.23. The number of likely N-dealkylation sites (N-methyl/N-ethyl adjacent to an activating group) is 1. The van der Waals surface area contributed by atoms with Gasteiger partial charge in [-0.3, -0.25) is 0 Å². The minimum absolute atomic E-state index is 0.205. The molecule has 2 aliphatic heterocycles. The lowest BCUT2D eigenvalue weighted by Gasteiger charge is -2.42. The topological polar surface area (TPSA) is 41.7 Å². The summed E-state index contributed by atoms with van der Waals surface area (Å²) < 4.78 is 5.86. The van der Waals surface area contributed by atoms with Crippen molar-refractivity contribution in [3.8, 4) is 0 Å². The molecule has 18 heavy (non-hydrogen) atoms. The van der Waals surface area contributed by atoms with Gasteiger partial charge in [0, 0.05) is 13.6 Å². The second-order valence-electron chi connectivity index (χ2n) is 5.28. The summed E-state index contributed by atoms with van der Waals surface area (Å²) >= 11 is 0. The molecular formula is C14H29N3O. The number of rotatable bonds is 2. The van der Waals surface area contributed by atoms with Crippen LogP contribution in [0.25, 0.3) is 0 Å². The van der Waals surface area contributed by atoms with E-state index < -0.39 is 0 Å². The molecule has 0 saturated carbocycles. The third-order valence-electron chi connectivity index (χ3n) is 3.21. The predicted molar refractivity (Wildman–Crippen MR) is 76.0 cm³/mol. The summed E-state index contributed by atoms with van der Waals surface area (Å²) in [4.78, 5) is 0. The second-order valence-corrected chi connectivity index (χ2v) is 5.28. The van der Waals surface area contributed by atoms with Gasteiger partial charge in [0.1, 0.15) is 0 Å². The maximum absolute atomic E-state index is 5.86. The lowest BCUT2D eigenvalue weighted by atomic mass is 10.1. The highest BCUT2D eigenvalue weighted by Gasteiger charge is 2.37. The van der Waals surface area contributed by atoms with Gasteiger partial charge in [-0.1, -0.05) is 20.3 Å². The normalized spacial score (nSPS) is 28.0. The number of fused-ring (bicyclic) bond motifs is 1. The van der Waals surface area contributed by atoms with E-state index in [1.807, 2.05) is 0 Å². The van der Waals surface area contributed by atoms with Crippen LogP contribution in [0, 0.1) is 0 Å². The van der Waals surface area contributed by atoms with Gasteiger partial charge >= 0.3 is 0 Å². The molecule has 0 aromatic rings. The fourth-order valence-electron chi connectivity index (χ4n) is 2.65. The Morgan fingerprint density at radius 3 is 2.56 bits per heavy atom. The van der Waals surface area contributed by atoms with Crippen molar-refractivity contribution in [1.29, 1.82) is 0 Å². The fourth-order valence-corrected chi connectivity index (χ4v) is 2.65. The van der Waals surface area contributed by atoms with Gasteiger partial charge < -0.3 is 15.5 Å². The first-order valence-corrected chi connectivity index (χ1v) is 7.08. The third kappa shape index (κ3) is 3.25. The molecule has 0 aromatic carbocycles. The largest absolute Gasteiger partial charge is 0.370 e. The summed E-state index contributed by atoms with van der Waals surface area (Å²) in [6, 6.07) is 0.441. The fraction of sp³-hybridized carbons (Fsp3) is 0.857. The maximum atomic E-state index is 5.86. The van der Waals surface area contributed by atoms with Crippen molar-refractivity contribution in [2.45, 2.75) is 52.7 Å². The van der Waals surface area contributed by atoms with Crippen molar-refractivity contribution in [3.63, 3.8) is 0 Å². The predicted octanol–water partition coefficient (Wildman–Crippen LogP) is 1.98. The number of hydrogen-bond donors (Lipinski definition) is 1. The first kappa shape index (κ1) is 15.5. The molecule has 4 nitrogen and oxygen atoms in total. The monoisotopic (exact) mass is 255 g/mol. The van der Waals surface area contributed by atoms with E-state index in [0.29, 0.717) is 12.6 Å². The first-order valence-electron chi connectivity index (χ1n) is 7.08. The van der Waals surface area contributed by atoms with Crippen LogP contribution in [-0.2, 0) is 4.74 Å². The summed E-state index contributed by atoms with van der Waals surface area (Å²) in [6.07, 6.45) is 2.38. The molecule has 1 saturated heterocycles. The molecule has 2 atom stereocenters. The molecule has 4 heteroatoms. The van der Waals surface area contributed by atoms with Crippen molar-refractivity contribution in [2.75, 3.05) is 26.7 Å². The zero-order valence-electron chi connectivity index (χ0n) is 12.6. The van der Waals surface area contributed by atoms with Crippen LogP contribution >= 0.6 is 0 Å². The zero-order chi connectivity index (χ0) is 13.7. The summed E-state index contributed by atoms with van der Waals surface area (Å²) in [5, 5.41) is 4.65. The molecule has 106 valence electrons. The quantitative estimate of drug-likeness (QED) is 0.819. The molecule has 2 N–H and O–H groups in total. The van der Waals surface area contributed by atoms with Crippen molar-refractivity contribution in [3.05, 3.63) is 11.3 Å². The average molecular weight is 255 g/mol. The van der Waals surface area contributed by atoms with Crippen molar-refractivity contribution in [2.24, 2.45) is 5.73 Å². The van der Waals surface area contributed by atoms with Crippen molar-refractivity contribution in [1.82, 2.24) is 10.0 Å². The van der Waals surface area contributed by atoms with E-state index in [1.165, 1.54) is 17.7 Å². The first-order chi connectivity index (χ1) is 8.56. The Morgan fingerprint density at radius 1 is 1.39 bits per heavy atom. The van der Waals surface area contributed by atoms with Crippen molar-refractivity contribution >= 4 is 0 Å². The Morgan fingerprint density at radius 2 is 2.00 bits per heavy atom. The molecule has 2 heterocycles. The van der Waals surface area contributed by atoms with Gasteiger partial charge in [-0.15, -0.1) is 0 Å². The molecular weight excluding hydrogens is 226 g/mol. The number of nitrogens with zero attached hydrogens (tertiary/aromatic N) is 2. The van der Waals surface area contributed by atoms with Crippen LogP contribution in [0.15, 0.2) is 11.3 Å². The van der Waals surface area contributed by atoms with Crippen LogP contribution in [0.5, 0.6) is 0 Å². The average Bonchev–Trinajstić information content (AvgIpc) is 2.61. The van der Waals surface area contributed by atoms with E-state index in [2.05, 4.69) is 44.8 Å². The van der Waals surface area contributed by atoms with Gasteiger partial charge in [-0.25, -0.2) is 5.01 Å². The molecule has 0 aliphatic carbocycles. The van der Waals surface area contributed by atoms with E-state index in [4.69, 9.17) is 10.5 Å². The number of nitrogens with two attached hydrogens (primary N) is 1. The molecule has 0 radical (unpaired) electrons. The van der Waals surface area contributed by atoms with E-state index in [9.17, 15) is 0 Å². The Balaban J connectivity index is 0.000000492. The van der Waals surface area contributed by atoms with Gasteiger partial charge in [-0.2, -0.15) is 0 Å². The van der Waals surface area contributed by atoms with E-state index >= 15 is 0 Å². The van der Waals surface area contributed by atoms with Gasteiger partial charge in [0.2, 0.25) is 0 Å². The van der Waals surface area contributed by atoms with E-state index in [0.717, 1.165) is 19.6 Å². The summed E-state index contributed by atoms with van der Waals surface area (Å²) in [5.41, 5.74) is 8.39. The molecule has 0 bridgehead atoms. The zero-order valence-corrected chi connectivity index (χ0v) is 12.6. The maximum Gasteiger partial charge on any atom is 0.0998 e. The molecule has 0 spiro atoms. The number of morpholine rings is 1.